The van der Waals surface area contributed by atoms with Gasteiger partial charge in [0.05, 0.1) is 6.61 Å². The summed E-state index contributed by atoms with van der Waals surface area (Å²) in [6.07, 6.45) is 4.81. The first-order valence-corrected chi connectivity index (χ1v) is 5.74. The van der Waals surface area contributed by atoms with Crippen molar-refractivity contribution >= 4 is 0 Å². The van der Waals surface area contributed by atoms with E-state index in [1.807, 2.05) is 0 Å². The molecule has 0 amide bonds. The first-order valence-electron chi connectivity index (χ1n) is 5.74. The predicted octanol–water partition coefficient (Wildman–Crippen LogP) is 2.56. The van der Waals surface area contributed by atoms with Gasteiger partial charge in [-0.15, -0.1) is 0 Å². The second-order valence-corrected chi connectivity index (χ2v) is 4.45. The Morgan fingerprint density at radius 3 is 3.13 bits per heavy atom. The molecule has 0 spiro atoms. The zero-order valence-electron chi connectivity index (χ0n) is 9.33. The van der Waals surface area contributed by atoms with Crippen LogP contribution in [0.5, 0.6) is 0 Å². The molecule has 2 nitrogen and oxygen atoms in total. The van der Waals surface area contributed by atoms with Gasteiger partial charge in [0.15, 0.2) is 0 Å². The van der Waals surface area contributed by atoms with Crippen LogP contribution in [0.2, 0.25) is 0 Å². The third kappa shape index (κ3) is 2.39. The smallest absolute Gasteiger partial charge is 0.0719 e. The molecule has 0 aliphatic heterocycles. The molecule has 0 radical (unpaired) electrons. The molecule has 2 heteroatoms. The number of rotatable bonds is 3. The molecule has 1 unspecified atom stereocenters. The molecule has 1 aromatic rings. The Morgan fingerprint density at radius 2 is 2.33 bits per heavy atom. The largest absolute Gasteiger partial charge is 0.304 e. The molecule has 1 aliphatic rings. The highest BCUT2D eigenvalue weighted by Crippen LogP contribution is 2.31. The van der Waals surface area contributed by atoms with Crippen molar-refractivity contribution < 1.29 is 4.84 Å². The lowest BCUT2D eigenvalue weighted by Crippen LogP contribution is -2.09. The van der Waals surface area contributed by atoms with Crippen LogP contribution in [0.1, 0.15) is 42.4 Å². The van der Waals surface area contributed by atoms with Crippen LogP contribution in [0.4, 0.5) is 0 Å². The van der Waals surface area contributed by atoms with E-state index >= 15 is 0 Å². The highest BCUT2D eigenvalue weighted by atomic mass is 16.6. The normalized spacial score (nSPS) is 20.0. The number of fused-ring (bicyclic) bond motifs is 1. The summed E-state index contributed by atoms with van der Waals surface area (Å²) in [6, 6.07) is 6.81. The second-order valence-electron chi connectivity index (χ2n) is 4.45. The third-order valence-corrected chi connectivity index (χ3v) is 3.33. The lowest BCUT2D eigenvalue weighted by atomic mass is 9.83. The summed E-state index contributed by atoms with van der Waals surface area (Å²) in [6.45, 7) is 2.92. The molecule has 1 atom stereocenters. The van der Waals surface area contributed by atoms with Crippen molar-refractivity contribution in [2.75, 3.05) is 6.61 Å². The number of benzene rings is 1. The molecule has 1 aliphatic carbocycles. The van der Waals surface area contributed by atoms with Crippen molar-refractivity contribution in [1.82, 2.24) is 0 Å². The molecular weight excluding hydrogens is 186 g/mol. The minimum absolute atomic E-state index is 0.604. The highest BCUT2D eigenvalue weighted by Gasteiger charge is 2.16. The van der Waals surface area contributed by atoms with Gasteiger partial charge in [-0.3, -0.25) is 0 Å². The fourth-order valence-electron chi connectivity index (χ4n) is 2.42. The first kappa shape index (κ1) is 10.7. The monoisotopic (exact) mass is 205 g/mol. The molecule has 0 saturated carbocycles. The molecule has 0 fully saturated rings. The van der Waals surface area contributed by atoms with Crippen LogP contribution in [0.15, 0.2) is 18.2 Å². The van der Waals surface area contributed by atoms with Gasteiger partial charge in [0, 0.05) is 0 Å². The zero-order chi connectivity index (χ0) is 10.7. The van der Waals surface area contributed by atoms with Crippen molar-refractivity contribution in [3.05, 3.63) is 34.9 Å². The van der Waals surface area contributed by atoms with Crippen LogP contribution in [-0.2, 0) is 17.7 Å². The maximum Gasteiger partial charge on any atom is 0.0719 e. The maximum atomic E-state index is 5.04. The van der Waals surface area contributed by atoms with Crippen LogP contribution in [0, 0.1) is 0 Å². The summed E-state index contributed by atoms with van der Waals surface area (Å²) >= 11 is 0. The molecule has 0 aromatic heterocycles. The molecule has 82 valence electrons. The van der Waals surface area contributed by atoms with Crippen molar-refractivity contribution in [3.63, 3.8) is 0 Å². The fourth-order valence-corrected chi connectivity index (χ4v) is 2.42. The van der Waals surface area contributed by atoms with E-state index in [2.05, 4.69) is 30.0 Å². The Kier molecular flexibility index (Phi) is 3.39. The van der Waals surface area contributed by atoms with Gasteiger partial charge in [-0.05, 0) is 48.3 Å². The zero-order valence-corrected chi connectivity index (χ0v) is 9.33. The summed E-state index contributed by atoms with van der Waals surface area (Å²) < 4.78 is 0. The summed E-state index contributed by atoms with van der Waals surface area (Å²) in [5, 5.41) is 0. The van der Waals surface area contributed by atoms with E-state index in [-0.39, 0.29) is 0 Å². The molecule has 0 heterocycles. The Bertz CT molecular complexity index is 335. The van der Waals surface area contributed by atoms with E-state index in [0.29, 0.717) is 12.5 Å². The lowest BCUT2D eigenvalue weighted by Gasteiger charge is -2.22. The van der Waals surface area contributed by atoms with Gasteiger partial charge in [0.1, 0.15) is 0 Å². The molecular formula is C13H19NO. The van der Waals surface area contributed by atoms with Crippen LogP contribution in [-0.4, -0.2) is 6.61 Å². The van der Waals surface area contributed by atoms with Gasteiger partial charge in [-0.1, -0.05) is 25.1 Å². The van der Waals surface area contributed by atoms with Gasteiger partial charge in [0.2, 0.25) is 0 Å². The topological polar surface area (TPSA) is 35.2 Å². The quantitative estimate of drug-likeness (QED) is 0.770. The van der Waals surface area contributed by atoms with E-state index < -0.39 is 0 Å². The van der Waals surface area contributed by atoms with Gasteiger partial charge in [-0.25, -0.2) is 5.90 Å². The van der Waals surface area contributed by atoms with E-state index in [4.69, 9.17) is 5.90 Å². The standard InChI is InChI=1S/C13H19NO/c1-10-3-2-4-12-6-5-11(7-8-15-14)9-13(10)12/h5-6,9-10H,2-4,7-8,14H2,1H3. The van der Waals surface area contributed by atoms with Gasteiger partial charge in [0.25, 0.3) is 0 Å². The molecule has 0 bridgehead atoms. The molecule has 1 aromatic carbocycles. The summed E-state index contributed by atoms with van der Waals surface area (Å²) in [4.78, 5) is 4.62. The molecule has 0 saturated heterocycles. The lowest BCUT2D eigenvalue weighted by molar-refractivity contribution is 0.141. The van der Waals surface area contributed by atoms with Gasteiger partial charge < -0.3 is 4.84 Å². The van der Waals surface area contributed by atoms with E-state index in [9.17, 15) is 0 Å². The SMILES string of the molecule is CC1CCCc2ccc(CCON)cc21. The number of nitrogens with two attached hydrogens (primary N) is 1. The minimum Gasteiger partial charge on any atom is -0.304 e. The van der Waals surface area contributed by atoms with Crippen molar-refractivity contribution in [1.29, 1.82) is 0 Å². The van der Waals surface area contributed by atoms with Crippen LogP contribution in [0.3, 0.4) is 0 Å². The van der Waals surface area contributed by atoms with Crippen LogP contribution < -0.4 is 5.90 Å². The van der Waals surface area contributed by atoms with Crippen molar-refractivity contribution in [2.24, 2.45) is 5.90 Å². The van der Waals surface area contributed by atoms with Crippen molar-refractivity contribution in [3.8, 4) is 0 Å². The summed E-state index contributed by atoms with van der Waals surface area (Å²) in [5.74, 6) is 5.76. The molecule has 2 N–H and O–H groups in total. The molecule has 15 heavy (non-hydrogen) atoms. The Morgan fingerprint density at radius 1 is 1.47 bits per heavy atom. The summed E-state index contributed by atoms with van der Waals surface area (Å²) in [5.41, 5.74) is 4.41. The number of hydrogen-bond donors (Lipinski definition) is 1. The van der Waals surface area contributed by atoms with E-state index in [1.54, 1.807) is 0 Å². The Balaban J connectivity index is 2.19. The highest BCUT2D eigenvalue weighted by molar-refractivity contribution is 5.36. The van der Waals surface area contributed by atoms with Crippen molar-refractivity contribution in [2.45, 2.75) is 38.5 Å². The predicted molar refractivity (Wildman–Crippen MR) is 61.6 cm³/mol. The Labute approximate surface area is 91.4 Å². The molecule has 2 rings (SSSR count). The van der Waals surface area contributed by atoms with Gasteiger partial charge >= 0.3 is 0 Å². The number of hydrogen-bond acceptors (Lipinski definition) is 2. The van der Waals surface area contributed by atoms with Crippen LogP contribution >= 0.6 is 0 Å². The number of aryl methyl sites for hydroxylation is 1. The third-order valence-electron chi connectivity index (χ3n) is 3.33. The van der Waals surface area contributed by atoms with E-state index in [1.165, 1.54) is 36.0 Å². The minimum atomic E-state index is 0.604. The first-order chi connectivity index (χ1) is 7.31. The maximum absolute atomic E-state index is 5.04. The van der Waals surface area contributed by atoms with Crippen LogP contribution in [0.25, 0.3) is 0 Å². The average molecular weight is 205 g/mol. The Hall–Kier alpha value is -0.860. The summed E-state index contributed by atoms with van der Waals surface area (Å²) in [7, 11) is 0. The fraction of sp³-hybridized carbons (Fsp3) is 0.538. The van der Waals surface area contributed by atoms with Gasteiger partial charge in [-0.2, -0.15) is 0 Å². The second kappa shape index (κ2) is 4.77. The average Bonchev–Trinajstić information content (AvgIpc) is 2.27. The van der Waals surface area contributed by atoms with E-state index in [0.717, 1.165) is 6.42 Å².